The lowest BCUT2D eigenvalue weighted by molar-refractivity contribution is -0.156. The highest BCUT2D eigenvalue weighted by atomic mass is 16.5. The van der Waals surface area contributed by atoms with Crippen LogP contribution in [0.5, 0.6) is 0 Å². The molecule has 2 aliphatic rings. The summed E-state index contributed by atoms with van der Waals surface area (Å²) in [6, 6.07) is 4.93. The molecule has 4 amide bonds. The third kappa shape index (κ3) is 2.36. The summed E-state index contributed by atoms with van der Waals surface area (Å²) in [7, 11) is 1.11. The molecule has 0 spiro atoms. The Kier molecular flexibility index (Phi) is 3.88. The maximum absolute atomic E-state index is 12.4. The number of hydrogen-bond acceptors (Lipinski definition) is 6. The number of hydrogen-bond donors (Lipinski definition) is 0. The minimum absolute atomic E-state index is 0.00551. The Morgan fingerprint density at radius 2 is 1.54 bits per heavy atom. The van der Waals surface area contributed by atoms with Gasteiger partial charge in [-0.1, -0.05) is 12.1 Å². The first-order valence-electron chi connectivity index (χ1n) is 7.33. The van der Waals surface area contributed by atoms with Crippen molar-refractivity contribution in [1.29, 1.82) is 0 Å². The fourth-order valence-electron chi connectivity index (χ4n) is 2.92. The molecule has 2 heterocycles. The lowest BCUT2D eigenvalue weighted by atomic mass is 10.1. The highest BCUT2D eigenvalue weighted by Crippen LogP contribution is 2.25. The van der Waals surface area contributed by atoms with Gasteiger partial charge in [0.25, 0.3) is 11.8 Å². The summed E-state index contributed by atoms with van der Waals surface area (Å²) in [5, 5.41) is 0. The summed E-state index contributed by atoms with van der Waals surface area (Å²) >= 11 is 0. The number of likely N-dealkylation sites (tertiary alicyclic amines) is 1. The fraction of sp³-hybridized carbons (Fsp3) is 0.312. The van der Waals surface area contributed by atoms with Gasteiger partial charge in [-0.05, 0) is 12.1 Å². The van der Waals surface area contributed by atoms with Gasteiger partial charge in [-0.3, -0.25) is 29.0 Å². The van der Waals surface area contributed by atoms with Crippen molar-refractivity contribution >= 4 is 29.6 Å². The summed E-state index contributed by atoms with van der Waals surface area (Å²) in [6.07, 6.45) is -0.0110. The molecule has 0 aromatic heterocycles. The van der Waals surface area contributed by atoms with Gasteiger partial charge in [0.2, 0.25) is 11.8 Å². The van der Waals surface area contributed by atoms with Crippen LogP contribution in [0.2, 0.25) is 0 Å². The first-order valence-corrected chi connectivity index (χ1v) is 7.33. The van der Waals surface area contributed by atoms with E-state index >= 15 is 0 Å². The third-order valence-corrected chi connectivity index (χ3v) is 4.11. The van der Waals surface area contributed by atoms with E-state index in [1.54, 1.807) is 12.1 Å². The molecular formula is C16H14N2O6. The number of esters is 1. The molecule has 8 heteroatoms. The van der Waals surface area contributed by atoms with Crippen molar-refractivity contribution in [2.24, 2.45) is 0 Å². The van der Waals surface area contributed by atoms with Crippen LogP contribution in [0.3, 0.4) is 0 Å². The Morgan fingerprint density at radius 1 is 1.04 bits per heavy atom. The third-order valence-electron chi connectivity index (χ3n) is 4.11. The van der Waals surface area contributed by atoms with Gasteiger partial charge in [-0.15, -0.1) is 0 Å². The maximum Gasteiger partial charge on any atom is 0.330 e. The zero-order valence-electron chi connectivity index (χ0n) is 12.9. The SMILES string of the molecule is COC(=O)C(CN1C(=O)c2ccccc2C1=O)N1C(=O)CCC1=O. The largest absolute Gasteiger partial charge is 0.467 e. The van der Waals surface area contributed by atoms with Crippen molar-refractivity contribution < 1.29 is 28.7 Å². The smallest absolute Gasteiger partial charge is 0.330 e. The van der Waals surface area contributed by atoms with Gasteiger partial charge in [0, 0.05) is 12.8 Å². The van der Waals surface area contributed by atoms with Crippen molar-refractivity contribution in [2.75, 3.05) is 13.7 Å². The Balaban J connectivity index is 1.91. The average molecular weight is 330 g/mol. The summed E-state index contributed by atoms with van der Waals surface area (Å²) in [5.41, 5.74) is 0.454. The minimum Gasteiger partial charge on any atom is -0.467 e. The number of methoxy groups -OCH3 is 1. The summed E-state index contributed by atoms with van der Waals surface area (Å²) in [4.78, 5) is 62.3. The van der Waals surface area contributed by atoms with Gasteiger partial charge in [-0.2, -0.15) is 0 Å². The zero-order chi connectivity index (χ0) is 17.4. The second kappa shape index (κ2) is 5.88. The topological polar surface area (TPSA) is 101 Å². The van der Waals surface area contributed by atoms with Crippen LogP contribution in [0.1, 0.15) is 33.6 Å². The van der Waals surface area contributed by atoms with Crippen LogP contribution in [0.15, 0.2) is 24.3 Å². The molecule has 1 unspecified atom stereocenters. The number of imide groups is 2. The van der Waals surface area contributed by atoms with Gasteiger partial charge in [-0.25, -0.2) is 4.79 Å². The van der Waals surface area contributed by atoms with E-state index in [-0.39, 0.29) is 24.0 Å². The number of benzene rings is 1. The molecule has 1 atom stereocenters. The van der Waals surface area contributed by atoms with E-state index in [0.29, 0.717) is 0 Å². The molecule has 3 rings (SSSR count). The standard InChI is InChI=1S/C16H14N2O6/c1-24-16(23)11(18-12(19)6-7-13(18)20)8-17-14(21)9-4-2-3-5-10(9)15(17)22/h2-5,11H,6-8H2,1H3. The molecule has 1 aromatic rings. The van der Waals surface area contributed by atoms with E-state index < -0.39 is 42.2 Å². The number of carbonyl (C=O) groups excluding carboxylic acids is 5. The van der Waals surface area contributed by atoms with Crippen molar-refractivity contribution in [2.45, 2.75) is 18.9 Å². The van der Waals surface area contributed by atoms with E-state index in [4.69, 9.17) is 0 Å². The molecule has 0 radical (unpaired) electrons. The van der Waals surface area contributed by atoms with Crippen molar-refractivity contribution in [3.63, 3.8) is 0 Å². The van der Waals surface area contributed by atoms with Gasteiger partial charge in [0.1, 0.15) is 0 Å². The Hall–Kier alpha value is -3.03. The monoisotopic (exact) mass is 330 g/mol. The zero-order valence-corrected chi connectivity index (χ0v) is 12.9. The Bertz CT molecular complexity index is 721. The normalized spacial score (nSPS) is 18.2. The van der Waals surface area contributed by atoms with Crippen molar-refractivity contribution in [1.82, 2.24) is 9.80 Å². The molecule has 1 saturated heterocycles. The van der Waals surface area contributed by atoms with Gasteiger partial charge >= 0.3 is 5.97 Å². The lowest BCUT2D eigenvalue weighted by Gasteiger charge is -2.27. The maximum atomic E-state index is 12.4. The molecule has 124 valence electrons. The number of carbonyl (C=O) groups is 5. The quantitative estimate of drug-likeness (QED) is 0.568. The molecule has 1 fully saturated rings. The van der Waals surface area contributed by atoms with Crippen LogP contribution < -0.4 is 0 Å². The molecule has 24 heavy (non-hydrogen) atoms. The van der Waals surface area contributed by atoms with Crippen LogP contribution in [-0.2, 0) is 19.1 Å². The molecule has 0 N–H and O–H groups in total. The molecule has 0 aliphatic carbocycles. The number of ether oxygens (including phenoxy) is 1. The van der Waals surface area contributed by atoms with E-state index in [1.807, 2.05) is 0 Å². The second-order valence-corrected chi connectivity index (χ2v) is 5.46. The molecule has 1 aromatic carbocycles. The first kappa shape index (κ1) is 15.9. The number of rotatable bonds is 4. The summed E-state index contributed by atoms with van der Waals surface area (Å²) in [5.74, 6) is -3.03. The highest BCUT2D eigenvalue weighted by Gasteiger charge is 2.44. The van der Waals surface area contributed by atoms with Crippen molar-refractivity contribution in [3.05, 3.63) is 35.4 Å². The highest BCUT2D eigenvalue weighted by molar-refractivity contribution is 6.21. The molecule has 8 nitrogen and oxygen atoms in total. The molecule has 0 saturated carbocycles. The number of amides is 4. The van der Waals surface area contributed by atoms with Crippen LogP contribution in [0.4, 0.5) is 0 Å². The predicted octanol–water partition coefficient (Wildman–Crippen LogP) is -0.0268. The Morgan fingerprint density at radius 3 is 2.00 bits per heavy atom. The molecule has 2 aliphatic heterocycles. The van der Waals surface area contributed by atoms with Crippen LogP contribution >= 0.6 is 0 Å². The van der Waals surface area contributed by atoms with Gasteiger partial charge in [0.05, 0.1) is 24.8 Å². The summed E-state index contributed by atoms with van der Waals surface area (Å²) < 4.78 is 4.65. The van der Waals surface area contributed by atoms with Crippen LogP contribution in [0, 0.1) is 0 Å². The van der Waals surface area contributed by atoms with Gasteiger partial charge in [0.15, 0.2) is 6.04 Å². The van der Waals surface area contributed by atoms with E-state index in [9.17, 15) is 24.0 Å². The van der Waals surface area contributed by atoms with Gasteiger partial charge < -0.3 is 4.74 Å². The fourth-order valence-corrected chi connectivity index (χ4v) is 2.92. The molecular weight excluding hydrogens is 316 g/mol. The first-order chi connectivity index (χ1) is 11.5. The lowest BCUT2D eigenvalue weighted by Crippen LogP contribution is -2.52. The molecule has 0 bridgehead atoms. The van der Waals surface area contributed by atoms with Crippen molar-refractivity contribution in [3.8, 4) is 0 Å². The summed E-state index contributed by atoms with van der Waals surface area (Å²) in [6.45, 7) is -0.420. The number of fused-ring (bicyclic) bond motifs is 1. The second-order valence-electron chi connectivity index (χ2n) is 5.46. The van der Waals surface area contributed by atoms with Crippen LogP contribution in [0.25, 0.3) is 0 Å². The van der Waals surface area contributed by atoms with E-state index in [2.05, 4.69) is 4.74 Å². The van der Waals surface area contributed by atoms with Crippen LogP contribution in [-0.4, -0.2) is 59.1 Å². The Labute approximate surface area is 137 Å². The number of nitrogens with zero attached hydrogens (tertiary/aromatic N) is 2. The predicted molar refractivity (Wildman–Crippen MR) is 78.7 cm³/mol. The average Bonchev–Trinajstić information content (AvgIpc) is 3.04. The van der Waals surface area contributed by atoms with E-state index in [0.717, 1.165) is 16.9 Å². The minimum atomic E-state index is -1.33. The van der Waals surface area contributed by atoms with E-state index in [1.165, 1.54) is 12.1 Å².